The van der Waals surface area contributed by atoms with E-state index >= 15 is 0 Å². The third-order valence-electron chi connectivity index (χ3n) is 3.35. The number of benzene rings is 1. The van der Waals surface area contributed by atoms with Crippen LogP contribution in [0.1, 0.15) is 18.5 Å². The van der Waals surface area contributed by atoms with Crippen LogP contribution in [0, 0.1) is 0 Å². The zero-order valence-electron chi connectivity index (χ0n) is 14.0. The van der Waals surface area contributed by atoms with Gasteiger partial charge in [0.15, 0.2) is 0 Å². The second kappa shape index (κ2) is 8.84. The molecule has 0 spiro atoms. The molecule has 9 heteroatoms. The number of carbonyl (C=O) groups excluding carboxylic acids is 1. The van der Waals surface area contributed by atoms with Gasteiger partial charge in [-0.05, 0) is 24.6 Å². The van der Waals surface area contributed by atoms with E-state index in [1.165, 1.54) is 20.3 Å². The molecular formula is C16H18Cl2N4O3. The van der Waals surface area contributed by atoms with Crippen molar-refractivity contribution in [3.63, 3.8) is 0 Å². The van der Waals surface area contributed by atoms with Crippen LogP contribution in [0.15, 0.2) is 24.3 Å². The molecule has 0 fully saturated rings. The van der Waals surface area contributed by atoms with Gasteiger partial charge >= 0.3 is 0 Å². The van der Waals surface area contributed by atoms with Gasteiger partial charge in [0.05, 0.1) is 26.8 Å². The molecule has 0 aliphatic carbocycles. The Morgan fingerprint density at radius 3 is 2.36 bits per heavy atom. The number of amides is 1. The number of carbonyl (C=O) groups is 1. The number of halogens is 2. The summed E-state index contributed by atoms with van der Waals surface area (Å²) >= 11 is 12.0. The summed E-state index contributed by atoms with van der Waals surface area (Å²) < 4.78 is 10.1. The van der Waals surface area contributed by atoms with Gasteiger partial charge in [0.2, 0.25) is 23.6 Å². The molecule has 1 amide bonds. The van der Waals surface area contributed by atoms with Crippen molar-refractivity contribution in [2.45, 2.75) is 13.0 Å². The quantitative estimate of drug-likeness (QED) is 0.762. The van der Waals surface area contributed by atoms with Gasteiger partial charge in [-0.2, -0.15) is 9.97 Å². The highest BCUT2D eigenvalue weighted by atomic mass is 35.5. The molecule has 7 nitrogen and oxygen atoms in total. The fraction of sp³-hybridized carbons (Fsp3) is 0.312. The van der Waals surface area contributed by atoms with Gasteiger partial charge in [0, 0.05) is 16.1 Å². The van der Waals surface area contributed by atoms with E-state index in [9.17, 15) is 4.79 Å². The topological polar surface area (TPSA) is 85.4 Å². The molecule has 0 saturated carbocycles. The fourth-order valence-electron chi connectivity index (χ4n) is 2.05. The van der Waals surface area contributed by atoms with E-state index in [0.717, 1.165) is 5.56 Å². The summed E-state index contributed by atoms with van der Waals surface area (Å²) in [5.41, 5.74) is 0.846. The first-order chi connectivity index (χ1) is 11.9. The maximum absolute atomic E-state index is 12.1. The minimum absolute atomic E-state index is 0.0447. The van der Waals surface area contributed by atoms with Crippen molar-refractivity contribution in [3.05, 3.63) is 39.9 Å². The molecule has 2 rings (SSSR count). The number of aromatic nitrogens is 2. The Morgan fingerprint density at radius 1 is 1.16 bits per heavy atom. The smallest absolute Gasteiger partial charge is 0.240 e. The Labute approximate surface area is 155 Å². The number of hydrogen-bond acceptors (Lipinski definition) is 6. The maximum Gasteiger partial charge on any atom is 0.240 e. The molecular weight excluding hydrogens is 367 g/mol. The zero-order chi connectivity index (χ0) is 18.4. The third kappa shape index (κ3) is 5.45. The Morgan fingerprint density at radius 2 is 1.80 bits per heavy atom. The highest BCUT2D eigenvalue weighted by molar-refractivity contribution is 6.35. The molecule has 0 aliphatic heterocycles. The van der Waals surface area contributed by atoms with Gasteiger partial charge in [0.1, 0.15) is 0 Å². The van der Waals surface area contributed by atoms with Crippen molar-refractivity contribution in [1.29, 1.82) is 0 Å². The van der Waals surface area contributed by atoms with E-state index in [1.807, 2.05) is 13.0 Å². The molecule has 2 N–H and O–H groups in total. The second-order valence-corrected chi connectivity index (χ2v) is 5.94. The first-order valence-electron chi connectivity index (χ1n) is 7.38. The van der Waals surface area contributed by atoms with Gasteiger partial charge < -0.3 is 14.8 Å². The third-order valence-corrected chi connectivity index (χ3v) is 3.91. The van der Waals surface area contributed by atoms with Crippen LogP contribution < -0.4 is 20.1 Å². The molecule has 2 aromatic rings. The van der Waals surface area contributed by atoms with Crippen molar-refractivity contribution in [3.8, 4) is 11.8 Å². The lowest BCUT2D eigenvalue weighted by Crippen LogP contribution is -2.30. The number of nitrogens with zero attached hydrogens (tertiary/aromatic N) is 2. The molecule has 1 aromatic carbocycles. The Kier molecular flexibility index (Phi) is 6.81. The SMILES string of the molecule is COc1cc(OC)nc(NC(=O)CN[C@@H](C)c2ccc(Cl)cc2Cl)n1. The summed E-state index contributed by atoms with van der Waals surface area (Å²) in [5, 5.41) is 6.76. The predicted octanol–water partition coefficient (Wildman–Crippen LogP) is 3.09. The highest BCUT2D eigenvalue weighted by Gasteiger charge is 2.13. The van der Waals surface area contributed by atoms with Gasteiger partial charge in [-0.1, -0.05) is 29.3 Å². The molecule has 1 aromatic heterocycles. The summed E-state index contributed by atoms with van der Waals surface area (Å²) in [4.78, 5) is 20.2. The minimum atomic E-state index is -0.313. The summed E-state index contributed by atoms with van der Waals surface area (Å²) in [6, 6.07) is 6.59. The Bertz CT molecular complexity index is 736. The molecule has 0 aliphatic rings. The number of anilines is 1. The lowest BCUT2D eigenvalue weighted by Gasteiger charge is -2.15. The number of ether oxygens (including phenoxy) is 2. The highest BCUT2D eigenvalue weighted by Crippen LogP contribution is 2.26. The number of hydrogen-bond donors (Lipinski definition) is 2. The lowest BCUT2D eigenvalue weighted by atomic mass is 10.1. The van der Waals surface area contributed by atoms with E-state index in [-0.39, 0.29) is 36.2 Å². The fourth-order valence-corrected chi connectivity index (χ4v) is 2.62. The molecule has 1 heterocycles. The van der Waals surface area contributed by atoms with E-state index in [0.29, 0.717) is 10.0 Å². The predicted molar refractivity (Wildman–Crippen MR) is 96.6 cm³/mol. The molecule has 0 bridgehead atoms. The van der Waals surface area contributed by atoms with Crippen molar-refractivity contribution in [2.75, 3.05) is 26.1 Å². The van der Waals surface area contributed by atoms with Gasteiger partial charge in [-0.3, -0.25) is 10.1 Å². The van der Waals surface area contributed by atoms with E-state index < -0.39 is 0 Å². The van der Waals surface area contributed by atoms with Crippen molar-refractivity contribution in [1.82, 2.24) is 15.3 Å². The van der Waals surface area contributed by atoms with Crippen LogP contribution in [0.2, 0.25) is 10.0 Å². The van der Waals surface area contributed by atoms with Crippen molar-refractivity contribution >= 4 is 35.1 Å². The molecule has 1 atom stereocenters. The molecule has 134 valence electrons. The van der Waals surface area contributed by atoms with E-state index in [4.69, 9.17) is 32.7 Å². The Balaban J connectivity index is 1.96. The number of nitrogens with one attached hydrogen (secondary N) is 2. The van der Waals surface area contributed by atoms with E-state index in [2.05, 4.69) is 20.6 Å². The van der Waals surface area contributed by atoms with Crippen molar-refractivity contribution < 1.29 is 14.3 Å². The van der Waals surface area contributed by atoms with Gasteiger partial charge in [-0.25, -0.2) is 0 Å². The summed E-state index contributed by atoms with van der Waals surface area (Å²) in [5.74, 6) is 0.361. The molecule has 0 unspecified atom stereocenters. The average Bonchev–Trinajstić information content (AvgIpc) is 2.59. The van der Waals surface area contributed by atoms with Crippen LogP contribution in [-0.2, 0) is 4.79 Å². The van der Waals surface area contributed by atoms with Crippen LogP contribution in [0.25, 0.3) is 0 Å². The standard InChI is InChI=1S/C16H18Cl2N4O3/c1-9(11-5-4-10(17)6-12(11)18)19-8-13(23)20-16-21-14(24-2)7-15(22-16)25-3/h4-7,9,19H,8H2,1-3H3,(H,20,21,22,23)/t9-/m0/s1. The van der Waals surface area contributed by atoms with Crippen LogP contribution in [-0.4, -0.2) is 36.6 Å². The van der Waals surface area contributed by atoms with Crippen LogP contribution in [0.3, 0.4) is 0 Å². The lowest BCUT2D eigenvalue weighted by molar-refractivity contribution is -0.115. The monoisotopic (exact) mass is 384 g/mol. The Hall–Kier alpha value is -2.09. The zero-order valence-corrected chi connectivity index (χ0v) is 15.5. The van der Waals surface area contributed by atoms with Crippen molar-refractivity contribution in [2.24, 2.45) is 0 Å². The largest absolute Gasteiger partial charge is 0.481 e. The number of rotatable bonds is 7. The van der Waals surface area contributed by atoms with Crippen LogP contribution >= 0.6 is 23.2 Å². The maximum atomic E-state index is 12.1. The average molecular weight is 385 g/mol. The second-order valence-electron chi connectivity index (χ2n) is 5.09. The molecule has 25 heavy (non-hydrogen) atoms. The summed E-state index contributed by atoms with van der Waals surface area (Å²) in [7, 11) is 2.93. The number of methoxy groups -OCH3 is 2. The summed E-state index contributed by atoms with van der Waals surface area (Å²) in [6.07, 6.45) is 0. The van der Waals surface area contributed by atoms with Crippen LogP contribution in [0.4, 0.5) is 5.95 Å². The van der Waals surface area contributed by atoms with Crippen LogP contribution in [0.5, 0.6) is 11.8 Å². The summed E-state index contributed by atoms with van der Waals surface area (Å²) in [6.45, 7) is 1.94. The molecule has 0 radical (unpaired) electrons. The normalized spacial score (nSPS) is 11.7. The minimum Gasteiger partial charge on any atom is -0.481 e. The van der Waals surface area contributed by atoms with E-state index in [1.54, 1.807) is 12.1 Å². The molecule has 0 saturated heterocycles. The van der Waals surface area contributed by atoms with Gasteiger partial charge in [-0.15, -0.1) is 0 Å². The van der Waals surface area contributed by atoms with Gasteiger partial charge in [0.25, 0.3) is 0 Å². The first-order valence-corrected chi connectivity index (χ1v) is 8.13. The first kappa shape index (κ1) is 19.2.